The molecule has 0 radical (unpaired) electrons. The van der Waals surface area contributed by atoms with Gasteiger partial charge in [0.2, 0.25) is 0 Å². The highest BCUT2D eigenvalue weighted by Crippen LogP contribution is 2.40. The van der Waals surface area contributed by atoms with Crippen molar-refractivity contribution in [2.24, 2.45) is 0 Å². The minimum Gasteiger partial charge on any atom is -0.386 e. The van der Waals surface area contributed by atoms with Crippen LogP contribution in [0.2, 0.25) is 0 Å². The minimum atomic E-state index is -1.17. The largest absolute Gasteiger partial charge is 0.386 e. The van der Waals surface area contributed by atoms with Gasteiger partial charge in [-0.15, -0.1) is 0 Å². The lowest BCUT2D eigenvalue weighted by atomic mass is 9.93. The number of rotatable bonds is 16. The van der Waals surface area contributed by atoms with Crippen molar-refractivity contribution in [1.82, 2.24) is 0 Å². The summed E-state index contributed by atoms with van der Waals surface area (Å²) in [7, 11) is 1.56. The van der Waals surface area contributed by atoms with Crippen molar-refractivity contribution in [2.45, 2.75) is 107 Å². The van der Waals surface area contributed by atoms with E-state index in [-0.39, 0.29) is 13.2 Å². The van der Waals surface area contributed by atoms with Crippen LogP contribution >= 0.6 is 0 Å². The van der Waals surface area contributed by atoms with E-state index in [0.717, 1.165) is 22.3 Å². The predicted octanol–water partition coefficient (Wildman–Crippen LogP) is 6.49. The maximum atomic E-state index is 12.0. The SMILES string of the molecule is CO[C@H]1O[C@H]([C@H](O)/C=C/[C@H]2O[C@@H]3OC(C)(C)O[C@@H]3[C@H]2OCc2ccccc2)[C@@H](OCc2ccccc2)[C@H](OCc2ccccc2)[C@H]1OCc1ccccc1. The molecule has 286 valence electrons. The van der Waals surface area contributed by atoms with Gasteiger partial charge in [-0.3, -0.25) is 0 Å². The summed E-state index contributed by atoms with van der Waals surface area (Å²) in [6.07, 6.45) is -3.85. The van der Waals surface area contributed by atoms with Gasteiger partial charge < -0.3 is 47.7 Å². The molecule has 10 atom stereocenters. The van der Waals surface area contributed by atoms with Crippen LogP contribution in [0.15, 0.2) is 133 Å². The number of ether oxygens (including phenoxy) is 9. The molecule has 1 N–H and O–H groups in total. The van der Waals surface area contributed by atoms with E-state index in [9.17, 15) is 5.11 Å². The Balaban J connectivity index is 1.15. The van der Waals surface area contributed by atoms with Crippen LogP contribution in [0.1, 0.15) is 36.1 Å². The third-order valence-electron chi connectivity index (χ3n) is 9.77. The van der Waals surface area contributed by atoms with Gasteiger partial charge in [-0.2, -0.15) is 0 Å². The van der Waals surface area contributed by atoms with Crippen LogP contribution in [-0.2, 0) is 69.1 Å². The summed E-state index contributed by atoms with van der Waals surface area (Å²) in [5.74, 6) is -0.819. The second-order valence-corrected chi connectivity index (χ2v) is 14.2. The lowest BCUT2D eigenvalue weighted by Crippen LogP contribution is -2.63. The van der Waals surface area contributed by atoms with Crippen LogP contribution in [0.25, 0.3) is 0 Å². The van der Waals surface area contributed by atoms with Crippen molar-refractivity contribution in [3.63, 3.8) is 0 Å². The van der Waals surface area contributed by atoms with Crippen molar-refractivity contribution in [2.75, 3.05) is 7.11 Å². The van der Waals surface area contributed by atoms with E-state index < -0.39 is 67.2 Å². The molecule has 0 aliphatic carbocycles. The molecule has 10 heteroatoms. The van der Waals surface area contributed by atoms with E-state index >= 15 is 0 Å². The summed E-state index contributed by atoms with van der Waals surface area (Å²) >= 11 is 0. The number of aliphatic hydroxyl groups excluding tert-OH is 1. The van der Waals surface area contributed by atoms with E-state index in [2.05, 4.69) is 0 Å². The summed E-state index contributed by atoms with van der Waals surface area (Å²) in [5.41, 5.74) is 3.96. The first-order valence-corrected chi connectivity index (χ1v) is 18.5. The molecule has 0 amide bonds. The summed E-state index contributed by atoms with van der Waals surface area (Å²) < 4.78 is 57.4. The van der Waals surface area contributed by atoms with Gasteiger partial charge in [0.05, 0.1) is 26.4 Å². The number of hydrogen-bond acceptors (Lipinski definition) is 10. The first-order valence-electron chi connectivity index (χ1n) is 18.5. The molecule has 0 spiro atoms. The predicted molar refractivity (Wildman–Crippen MR) is 200 cm³/mol. The fraction of sp³-hybridized carbons (Fsp3) is 0.409. The first kappa shape index (κ1) is 38.5. The van der Waals surface area contributed by atoms with Crippen molar-refractivity contribution in [3.8, 4) is 0 Å². The molecule has 0 aromatic heterocycles. The summed E-state index contributed by atoms with van der Waals surface area (Å²) in [4.78, 5) is 0. The molecular formula is C44H50O10. The van der Waals surface area contributed by atoms with Crippen LogP contribution in [-0.4, -0.2) is 79.4 Å². The quantitative estimate of drug-likeness (QED) is 0.128. The molecule has 4 aromatic rings. The molecule has 0 saturated carbocycles. The molecular weight excluding hydrogens is 688 g/mol. The molecule has 0 unspecified atom stereocenters. The lowest BCUT2D eigenvalue weighted by molar-refractivity contribution is -0.326. The Kier molecular flexibility index (Phi) is 13.0. The highest BCUT2D eigenvalue weighted by Gasteiger charge is 2.55. The van der Waals surface area contributed by atoms with Gasteiger partial charge in [-0.25, -0.2) is 0 Å². The zero-order valence-electron chi connectivity index (χ0n) is 30.9. The molecule has 0 bridgehead atoms. The van der Waals surface area contributed by atoms with E-state index in [4.69, 9.17) is 42.6 Å². The number of hydrogen-bond donors (Lipinski definition) is 1. The Morgan fingerprint density at radius 2 is 1.04 bits per heavy atom. The van der Waals surface area contributed by atoms with E-state index in [0.29, 0.717) is 13.2 Å². The molecule has 3 aliphatic rings. The van der Waals surface area contributed by atoms with Crippen LogP contribution in [0.5, 0.6) is 0 Å². The fourth-order valence-electron chi connectivity index (χ4n) is 7.10. The molecule has 3 aliphatic heterocycles. The zero-order chi connectivity index (χ0) is 37.3. The molecule has 7 rings (SSSR count). The van der Waals surface area contributed by atoms with Crippen LogP contribution in [0.4, 0.5) is 0 Å². The van der Waals surface area contributed by atoms with Gasteiger partial charge in [-0.05, 0) is 36.1 Å². The Labute approximate surface area is 317 Å². The number of aliphatic hydroxyl groups is 1. The Morgan fingerprint density at radius 3 is 1.52 bits per heavy atom. The highest BCUT2D eigenvalue weighted by atomic mass is 16.8. The van der Waals surface area contributed by atoms with E-state index in [1.54, 1.807) is 19.3 Å². The van der Waals surface area contributed by atoms with Gasteiger partial charge in [0, 0.05) is 7.11 Å². The van der Waals surface area contributed by atoms with Crippen molar-refractivity contribution >= 4 is 0 Å². The average Bonchev–Trinajstić information content (AvgIpc) is 3.68. The topological polar surface area (TPSA) is 103 Å². The third-order valence-corrected chi connectivity index (χ3v) is 9.77. The maximum absolute atomic E-state index is 12.0. The average molecular weight is 739 g/mol. The van der Waals surface area contributed by atoms with Crippen LogP contribution in [0, 0.1) is 0 Å². The first-order chi connectivity index (χ1) is 26.4. The van der Waals surface area contributed by atoms with Crippen molar-refractivity contribution in [3.05, 3.63) is 156 Å². The van der Waals surface area contributed by atoms with E-state index in [1.807, 2.05) is 135 Å². The molecule has 4 aromatic carbocycles. The minimum absolute atomic E-state index is 0.255. The molecule has 3 saturated heterocycles. The van der Waals surface area contributed by atoms with Gasteiger partial charge >= 0.3 is 0 Å². The third kappa shape index (κ3) is 9.71. The van der Waals surface area contributed by atoms with Crippen molar-refractivity contribution in [1.29, 1.82) is 0 Å². The monoisotopic (exact) mass is 738 g/mol. The van der Waals surface area contributed by atoms with Crippen LogP contribution < -0.4 is 0 Å². The number of fused-ring (bicyclic) bond motifs is 1. The molecule has 54 heavy (non-hydrogen) atoms. The highest BCUT2D eigenvalue weighted by molar-refractivity contribution is 5.17. The number of methoxy groups -OCH3 is 1. The summed E-state index contributed by atoms with van der Waals surface area (Å²) in [6, 6.07) is 39.6. The Hall–Kier alpha value is -3.78. The van der Waals surface area contributed by atoms with Gasteiger partial charge in [0.15, 0.2) is 18.4 Å². The van der Waals surface area contributed by atoms with Crippen molar-refractivity contribution < 1.29 is 47.7 Å². The van der Waals surface area contributed by atoms with Gasteiger partial charge in [0.1, 0.15) is 48.8 Å². The zero-order valence-corrected chi connectivity index (χ0v) is 30.9. The lowest BCUT2D eigenvalue weighted by Gasteiger charge is -2.46. The maximum Gasteiger partial charge on any atom is 0.190 e. The number of benzene rings is 4. The molecule has 10 nitrogen and oxygen atoms in total. The normalized spacial score (nSPS) is 29.7. The van der Waals surface area contributed by atoms with Crippen LogP contribution in [0.3, 0.4) is 0 Å². The smallest absolute Gasteiger partial charge is 0.190 e. The van der Waals surface area contributed by atoms with Gasteiger partial charge in [0.25, 0.3) is 0 Å². The molecule has 3 heterocycles. The van der Waals surface area contributed by atoms with Gasteiger partial charge in [-0.1, -0.05) is 133 Å². The fourth-order valence-corrected chi connectivity index (χ4v) is 7.10. The van der Waals surface area contributed by atoms with E-state index in [1.165, 1.54) is 0 Å². The Bertz CT molecular complexity index is 1720. The summed E-state index contributed by atoms with van der Waals surface area (Å²) in [6.45, 7) is 4.90. The second-order valence-electron chi connectivity index (χ2n) is 14.2. The second kappa shape index (κ2) is 18.2. The summed E-state index contributed by atoms with van der Waals surface area (Å²) in [5, 5.41) is 12.0. The Morgan fingerprint density at radius 1 is 0.593 bits per heavy atom. The molecule has 3 fully saturated rings. The standard InChI is InChI=1S/C44H50O10/c1-44(2)53-41-37(47-26-30-16-8-4-9-17-30)35(51-43(41)54-44)25-24-34(45)36-38(48-27-31-18-10-5-11-19-31)39(49-28-32-20-12-6-13-21-32)40(42(46-3)52-36)50-29-33-22-14-7-15-23-33/h4-25,34-43,45H,26-29H2,1-3H3/b25-24+/t34-,35-,36-,37+,38-,39+,40-,41-,42+,43-/m1/s1.